The van der Waals surface area contributed by atoms with Crippen molar-refractivity contribution in [3.05, 3.63) is 60.2 Å². The van der Waals surface area contributed by atoms with Gasteiger partial charge in [0, 0.05) is 24.3 Å². The van der Waals surface area contributed by atoms with Gasteiger partial charge >= 0.3 is 6.09 Å². The first-order valence-electron chi connectivity index (χ1n) is 12.1. The van der Waals surface area contributed by atoms with Crippen molar-refractivity contribution in [3.8, 4) is 0 Å². The van der Waals surface area contributed by atoms with Crippen LogP contribution in [0.25, 0.3) is 0 Å². The third-order valence-corrected chi connectivity index (χ3v) is 7.65. The smallest absolute Gasteiger partial charge is 0.410 e. The predicted octanol–water partition coefficient (Wildman–Crippen LogP) is 3.89. The minimum Gasteiger partial charge on any atom is -0.445 e. The van der Waals surface area contributed by atoms with E-state index in [1.54, 1.807) is 37.8 Å². The third kappa shape index (κ3) is 9.62. The van der Waals surface area contributed by atoms with E-state index in [2.05, 4.69) is 10.0 Å². The fourth-order valence-corrected chi connectivity index (χ4v) is 5.46. The number of carbonyl (C=O) groups excluding carboxylic acids is 2. The van der Waals surface area contributed by atoms with E-state index >= 15 is 0 Å². The molecule has 0 radical (unpaired) electrons. The summed E-state index contributed by atoms with van der Waals surface area (Å²) in [7, 11) is -3.65. The van der Waals surface area contributed by atoms with Crippen molar-refractivity contribution in [3.63, 3.8) is 0 Å². The number of halogens is 1. The van der Waals surface area contributed by atoms with Crippen molar-refractivity contribution >= 4 is 40.1 Å². The van der Waals surface area contributed by atoms with E-state index in [-0.39, 0.29) is 41.8 Å². The second-order valence-corrected chi connectivity index (χ2v) is 11.9. The number of likely N-dealkylation sites (tertiary alicyclic amines) is 1. The van der Waals surface area contributed by atoms with Crippen LogP contribution in [0.5, 0.6) is 0 Å². The fourth-order valence-electron chi connectivity index (χ4n) is 4.04. The Balaban J connectivity index is 0.00000481. The molecule has 9 nitrogen and oxygen atoms in total. The molecule has 1 fully saturated rings. The molecule has 3 rings (SSSR count). The van der Waals surface area contributed by atoms with Crippen LogP contribution in [-0.4, -0.2) is 50.0 Å². The molecule has 0 aromatic heterocycles. The highest BCUT2D eigenvalue weighted by atomic mass is 35.5. The molecule has 2 aromatic carbocycles. The molecular weight excluding hydrogens is 516 g/mol. The van der Waals surface area contributed by atoms with Crippen LogP contribution in [0.1, 0.15) is 45.6 Å². The van der Waals surface area contributed by atoms with Crippen molar-refractivity contribution in [2.75, 3.05) is 18.4 Å². The highest BCUT2D eigenvalue weighted by molar-refractivity contribution is 7.89. The monoisotopic (exact) mass is 552 g/mol. The summed E-state index contributed by atoms with van der Waals surface area (Å²) in [5.41, 5.74) is 6.96. The number of anilines is 1. The Hall–Kier alpha value is -2.66. The minimum absolute atomic E-state index is 0. The van der Waals surface area contributed by atoms with Crippen molar-refractivity contribution in [2.24, 2.45) is 11.7 Å². The Morgan fingerprint density at radius 1 is 1.05 bits per heavy atom. The molecule has 1 aliphatic heterocycles. The molecule has 37 heavy (non-hydrogen) atoms. The lowest BCUT2D eigenvalue weighted by atomic mass is 9.90. The van der Waals surface area contributed by atoms with Crippen LogP contribution in [0.3, 0.4) is 0 Å². The summed E-state index contributed by atoms with van der Waals surface area (Å²) in [4.78, 5) is 26.7. The van der Waals surface area contributed by atoms with Gasteiger partial charge in [0.2, 0.25) is 15.9 Å². The maximum Gasteiger partial charge on any atom is 0.410 e. The number of nitrogens with one attached hydrogen (secondary N) is 2. The molecule has 0 saturated carbocycles. The van der Waals surface area contributed by atoms with E-state index in [1.807, 2.05) is 30.3 Å². The molecule has 2 aromatic rings. The normalized spacial score (nSPS) is 15.4. The number of piperidine rings is 1. The number of nitrogens with two attached hydrogens (primary N) is 1. The Labute approximate surface area is 225 Å². The van der Waals surface area contributed by atoms with Gasteiger partial charge in [-0.1, -0.05) is 30.3 Å². The average molecular weight is 553 g/mol. The fraction of sp³-hybridized carbons (Fsp3) is 0.462. The lowest BCUT2D eigenvalue weighted by Gasteiger charge is -2.32. The summed E-state index contributed by atoms with van der Waals surface area (Å²) in [6.07, 6.45) is 1.66. The topological polar surface area (TPSA) is 131 Å². The van der Waals surface area contributed by atoms with Crippen LogP contribution in [0.2, 0.25) is 0 Å². The molecule has 11 heteroatoms. The van der Waals surface area contributed by atoms with E-state index in [0.717, 1.165) is 18.4 Å². The van der Waals surface area contributed by atoms with Crippen LogP contribution in [-0.2, 0) is 26.2 Å². The van der Waals surface area contributed by atoms with Gasteiger partial charge in [0.25, 0.3) is 0 Å². The zero-order valence-corrected chi connectivity index (χ0v) is 23.1. The molecule has 2 amide bonds. The summed E-state index contributed by atoms with van der Waals surface area (Å²) < 4.78 is 32.8. The van der Waals surface area contributed by atoms with Gasteiger partial charge in [0.1, 0.15) is 6.61 Å². The summed E-state index contributed by atoms with van der Waals surface area (Å²) in [5.74, 6) is -0.108. The number of hydrogen-bond donors (Lipinski definition) is 3. The lowest BCUT2D eigenvalue weighted by Crippen LogP contribution is -2.42. The maximum atomic E-state index is 12.6. The van der Waals surface area contributed by atoms with Gasteiger partial charge in [-0.2, -0.15) is 0 Å². The van der Waals surface area contributed by atoms with Gasteiger partial charge in [-0.05, 0) is 75.8 Å². The first-order valence-corrected chi connectivity index (χ1v) is 13.6. The molecule has 1 heterocycles. The second kappa shape index (κ2) is 13.2. The van der Waals surface area contributed by atoms with E-state index < -0.39 is 21.6 Å². The van der Waals surface area contributed by atoms with E-state index in [4.69, 9.17) is 10.5 Å². The maximum absolute atomic E-state index is 12.6. The quantitative estimate of drug-likeness (QED) is 0.455. The Morgan fingerprint density at radius 3 is 2.22 bits per heavy atom. The Kier molecular flexibility index (Phi) is 10.9. The number of nitrogens with zero attached hydrogens (tertiary/aromatic N) is 1. The van der Waals surface area contributed by atoms with Crippen LogP contribution < -0.4 is 15.8 Å². The first-order chi connectivity index (χ1) is 16.9. The average Bonchev–Trinajstić information content (AvgIpc) is 2.82. The molecular formula is C26H37ClN4O5S. The number of amides is 2. The number of ether oxygens (including phenoxy) is 1. The predicted molar refractivity (Wildman–Crippen MR) is 146 cm³/mol. The van der Waals surface area contributed by atoms with E-state index in [9.17, 15) is 18.0 Å². The molecule has 204 valence electrons. The standard InChI is InChI=1S/C26H36N4O5S.ClH/c1-26(2,3)29-36(33,34)22-11-9-21(10-12-22)28-24(31)23(27)17-19-13-15-30(16-14-19)25(32)35-18-20-7-5-4-6-8-20;/h4-12,19,23,29H,13-18,27H2,1-3H3,(H,28,31);1H. The Bertz CT molecular complexity index is 1130. The van der Waals surface area contributed by atoms with Gasteiger partial charge in [0.05, 0.1) is 10.9 Å². The minimum atomic E-state index is -3.65. The molecule has 1 saturated heterocycles. The number of sulfonamides is 1. The van der Waals surface area contributed by atoms with Crippen molar-refractivity contribution in [2.45, 2.75) is 63.1 Å². The molecule has 0 spiro atoms. The van der Waals surface area contributed by atoms with E-state index in [0.29, 0.717) is 25.2 Å². The summed E-state index contributed by atoms with van der Waals surface area (Å²) >= 11 is 0. The molecule has 4 N–H and O–H groups in total. The highest BCUT2D eigenvalue weighted by Gasteiger charge is 2.27. The third-order valence-electron chi connectivity index (χ3n) is 5.87. The Morgan fingerprint density at radius 2 is 1.65 bits per heavy atom. The molecule has 1 aliphatic rings. The zero-order chi connectivity index (χ0) is 26.3. The second-order valence-electron chi connectivity index (χ2n) is 10.2. The number of carbonyl (C=O) groups is 2. The SMILES string of the molecule is CC(C)(C)NS(=O)(=O)c1ccc(NC(=O)C(N)CC2CCN(C(=O)OCc3ccccc3)CC2)cc1.Cl. The summed E-state index contributed by atoms with van der Waals surface area (Å²) in [5, 5.41) is 2.75. The van der Waals surface area contributed by atoms with E-state index in [1.165, 1.54) is 12.1 Å². The van der Waals surface area contributed by atoms with Gasteiger partial charge in [0.15, 0.2) is 0 Å². The molecule has 1 atom stereocenters. The number of benzene rings is 2. The van der Waals surface area contributed by atoms with Crippen molar-refractivity contribution in [1.82, 2.24) is 9.62 Å². The van der Waals surface area contributed by atoms with Gasteiger partial charge in [-0.25, -0.2) is 17.9 Å². The summed E-state index contributed by atoms with van der Waals surface area (Å²) in [6.45, 7) is 6.66. The first kappa shape index (κ1) is 30.6. The van der Waals surface area contributed by atoms with Crippen molar-refractivity contribution in [1.29, 1.82) is 0 Å². The van der Waals surface area contributed by atoms with Crippen molar-refractivity contribution < 1.29 is 22.7 Å². The lowest BCUT2D eigenvalue weighted by molar-refractivity contribution is -0.117. The molecule has 0 aliphatic carbocycles. The van der Waals surface area contributed by atoms with Gasteiger partial charge in [-0.15, -0.1) is 12.4 Å². The van der Waals surface area contributed by atoms with Crippen LogP contribution in [0.15, 0.2) is 59.5 Å². The van der Waals surface area contributed by atoms with Crippen LogP contribution >= 0.6 is 12.4 Å². The van der Waals surface area contributed by atoms with Gasteiger partial charge < -0.3 is 20.7 Å². The highest BCUT2D eigenvalue weighted by Crippen LogP contribution is 2.23. The van der Waals surface area contributed by atoms with Crippen LogP contribution in [0, 0.1) is 5.92 Å². The number of hydrogen-bond acceptors (Lipinski definition) is 6. The molecule has 1 unspecified atom stereocenters. The zero-order valence-electron chi connectivity index (χ0n) is 21.5. The van der Waals surface area contributed by atoms with Gasteiger partial charge in [-0.3, -0.25) is 4.79 Å². The largest absolute Gasteiger partial charge is 0.445 e. The van der Waals surface area contributed by atoms with Crippen LogP contribution in [0.4, 0.5) is 10.5 Å². The summed E-state index contributed by atoms with van der Waals surface area (Å²) in [6, 6.07) is 14.8. The number of rotatable bonds is 8. The molecule has 0 bridgehead atoms.